The third-order valence-electron chi connectivity index (χ3n) is 3.68. The van der Waals surface area contributed by atoms with Crippen molar-refractivity contribution in [3.05, 3.63) is 17.0 Å². The standard InChI is InChI=1S/C14H18F4N2O2/c1-4-22-12(21)10-8(2)11(13(3,15)16)19-20(10)7-9-5-14(17,18)6-9/h9H,4-7H2,1-3H3. The van der Waals surface area contributed by atoms with Crippen LogP contribution in [0.1, 0.15) is 48.4 Å². The number of nitrogens with zero attached hydrogens (tertiary/aromatic N) is 2. The van der Waals surface area contributed by atoms with E-state index in [4.69, 9.17) is 4.74 Å². The molecule has 0 N–H and O–H groups in total. The normalized spacial score (nSPS) is 18.1. The van der Waals surface area contributed by atoms with Crippen molar-refractivity contribution < 1.29 is 27.1 Å². The number of aromatic nitrogens is 2. The molecule has 0 unspecified atom stereocenters. The predicted molar refractivity (Wildman–Crippen MR) is 70.2 cm³/mol. The molecule has 1 fully saturated rings. The molecule has 1 saturated carbocycles. The molecule has 1 aromatic rings. The predicted octanol–water partition coefficient (Wildman–Crippen LogP) is 3.53. The summed E-state index contributed by atoms with van der Waals surface area (Å²) in [5, 5.41) is 3.77. The Kier molecular flexibility index (Phi) is 4.23. The molecule has 1 heterocycles. The van der Waals surface area contributed by atoms with E-state index in [2.05, 4.69) is 5.10 Å². The first-order chi connectivity index (χ1) is 10.0. The first-order valence-corrected chi connectivity index (χ1v) is 7.06. The van der Waals surface area contributed by atoms with Gasteiger partial charge in [-0.25, -0.2) is 13.6 Å². The number of carbonyl (C=O) groups excluding carboxylic acids is 1. The van der Waals surface area contributed by atoms with E-state index in [9.17, 15) is 22.4 Å². The first-order valence-electron chi connectivity index (χ1n) is 7.06. The van der Waals surface area contributed by atoms with Crippen LogP contribution in [-0.4, -0.2) is 28.3 Å². The Hall–Kier alpha value is -1.60. The Balaban J connectivity index is 2.32. The van der Waals surface area contributed by atoms with Gasteiger partial charge in [0.25, 0.3) is 5.92 Å². The van der Waals surface area contributed by atoms with Crippen molar-refractivity contribution in [3.63, 3.8) is 0 Å². The molecule has 0 aromatic carbocycles. The van der Waals surface area contributed by atoms with Gasteiger partial charge < -0.3 is 4.74 Å². The summed E-state index contributed by atoms with van der Waals surface area (Å²) in [6, 6.07) is 0. The summed E-state index contributed by atoms with van der Waals surface area (Å²) in [6.45, 7) is 3.72. The minimum atomic E-state index is -3.22. The number of halogens is 4. The highest BCUT2D eigenvalue weighted by Crippen LogP contribution is 2.43. The lowest BCUT2D eigenvalue weighted by Gasteiger charge is -2.34. The molecule has 124 valence electrons. The van der Waals surface area contributed by atoms with Gasteiger partial charge >= 0.3 is 5.97 Å². The van der Waals surface area contributed by atoms with Gasteiger partial charge in [0.2, 0.25) is 5.92 Å². The molecule has 0 saturated heterocycles. The number of hydrogen-bond acceptors (Lipinski definition) is 3. The molecule has 1 aromatic heterocycles. The molecular formula is C14H18F4N2O2. The zero-order chi connectivity index (χ0) is 16.7. The number of alkyl halides is 4. The maximum absolute atomic E-state index is 13.6. The van der Waals surface area contributed by atoms with Crippen LogP contribution >= 0.6 is 0 Å². The van der Waals surface area contributed by atoms with Gasteiger partial charge in [0.1, 0.15) is 11.4 Å². The van der Waals surface area contributed by atoms with E-state index in [1.54, 1.807) is 6.92 Å². The zero-order valence-electron chi connectivity index (χ0n) is 12.6. The third kappa shape index (κ3) is 3.25. The lowest BCUT2D eigenvalue weighted by molar-refractivity contribution is -0.114. The van der Waals surface area contributed by atoms with E-state index < -0.39 is 23.5 Å². The molecule has 1 aliphatic rings. The van der Waals surface area contributed by atoms with Crippen LogP contribution in [0, 0.1) is 12.8 Å². The van der Waals surface area contributed by atoms with Crippen molar-refractivity contribution in [2.45, 2.75) is 52.0 Å². The number of ether oxygens (including phenoxy) is 1. The average Bonchev–Trinajstić information content (AvgIpc) is 2.64. The molecule has 22 heavy (non-hydrogen) atoms. The minimum Gasteiger partial charge on any atom is -0.461 e. The van der Waals surface area contributed by atoms with Gasteiger partial charge in [0.05, 0.1) is 6.61 Å². The van der Waals surface area contributed by atoms with Crippen LogP contribution in [0.4, 0.5) is 17.6 Å². The van der Waals surface area contributed by atoms with Crippen LogP contribution < -0.4 is 0 Å². The van der Waals surface area contributed by atoms with Crippen LogP contribution in [0.2, 0.25) is 0 Å². The van der Waals surface area contributed by atoms with Crippen LogP contribution in [0.25, 0.3) is 0 Å². The Bertz CT molecular complexity index is 570. The lowest BCUT2D eigenvalue weighted by Crippen LogP contribution is -2.38. The molecule has 0 atom stereocenters. The molecule has 0 bridgehead atoms. The Morgan fingerprint density at radius 2 is 2.05 bits per heavy atom. The Morgan fingerprint density at radius 1 is 1.45 bits per heavy atom. The van der Waals surface area contributed by atoms with Gasteiger partial charge in [-0.05, 0) is 19.8 Å². The fourth-order valence-corrected chi connectivity index (χ4v) is 2.72. The number of esters is 1. The fraction of sp³-hybridized carbons (Fsp3) is 0.714. The molecule has 0 radical (unpaired) electrons. The topological polar surface area (TPSA) is 44.1 Å². The quantitative estimate of drug-likeness (QED) is 0.615. The molecular weight excluding hydrogens is 304 g/mol. The van der Waals surface area contributed by atoms with Crippen LogP contribution in [0.5, 0.6) is 0 Å². The van der Waals surface area contributed by atoms with Crippen molar-refractivity contribution in [2.24, 2.45) is 5.92 Å². The summed E-state index contributed by atoms with van der Waals surface area (Å²) in [5.74, 6) is -7.09. The molecule has 0 aliphatic heterocycles. The van der Waals surface area contributed by atoms with E-state index in [0.29, 0.717) is 6.92 Å². The summed E-state index contributed by atoms with van der Waals surface area (Å²) in [6.07, 6.45) is -0.655. The monoisotopic (exact) mass is 322 g/mol. The van der Waals surface area contributed by atoms with Crippen molar-refractivity contribution in [1.29, 1.82) is 0 Å². The van der Waals surface area contributed by atoms with Crippen LogP contribution in [0.15, 0.2) is 0 Å². The lowest BCUT2D eigenvalue weighted by atomic mass is 9.81. The van der Waals surface area contributed by atoms with Crippen molar-refractivity contribution >= 4 is 5.97 Å². The van der Waals surface area contributed by atoms with Gasteiger partial charge in [-0.2, -0.15) is 13.9 Å². The Morgan fingerprint density at radius 3 is 2.50 bits per heavy atom. The van der Waals surface area contributed by atoms with Crippen LogP contribution in [-0.2, 0) is 17.2 Å². The molecule has 0 spiro atoms. The van der Waals surface area contributed by atoms with Gasteiger partial charge in [-0.15, -0.1) is 0 Å². The van der Waals surface area contributed by atoms with E-state index in [1.165, 1.54) is 6.92 Å². The van der Waals surface area contributed by atoms with Crippen molar-refractivity contribution in [1.82, 2.24) is 9.78 Å². The highest BCUT2D eigenvalue weighted by atomic mass is 19.3. The molecule has 1 aliphatic carbocycles. The SMILES string of the molecule is CCOC(=O)c1c(C)c(C(C)(F)F)nn1CC1CC(F)(F)C1. The molecule has 4 nitrogen and oxygen atoms in total. The molecule has 0 amide bonds. The highest BCUT2D eigenvalue weighted by Gasteiger charge is 2.46. The maximum atomic E-state index is 13.6. The van der Waals surface area contributed by atoms with E-state index >= 15 is 0 Å². The molecule has 8 heteroatoms. The first kappa shape index (κ1) is 16.8. The summed E-state index contributed by atoms with van der Waals surface area (Å²) in [7, 11) is 0. The van der Waals surface area contributed by atoms with E-state index in [-0.39, 0.29) is 43.2 Å². The van der Waals surface area contributed by atoms with Gasteiger partial charge in [0.15, 0.2) is 0 Å². The summed E-state index contributed by atoms with van der Waals surface area (Å²) in [4.78, 5) is 12.0. The zero-order valence-corrected chi connectivity index (χ0v) is 12.6. The number of hydrogen-bond donors (Lipinski definition) is 0. The second kappa shape index (κ2) is 5.55. The maximum Gasteiger partial charge on any atom is 0.356 e. The largest absolute Gasteiger partial charge is 0.461 e. The molecule has 2 rings (SSSR count). The van der Waals surface area contributed by atoms with Gasteiger partial charge in [0, 0.05) is 31.9 Å². The smallest absolute Gasteiger partial charge is 0.356 e. The Labute approximate surface area is 125 Å². The summed E-state index contributed by atoms with van der Waals surface area (Å²) >= 11 is 0. The fourth-order valence-electron chi connectivity index (χ4n) is 2.72. The second-order valence-electron chi connectivity index (χ2n) is 5.74. The second-order valence-corrected chi connectivity index (χ2v) is 5.74. The van der Waals surface area contributed by atoms with E-state index in [1.807, 2.05) is 0 Å². The van der Waals surface area contributed by atoms with Crippen LogP contribution in [0.3, 0.4) is 0 Å². The average molecular weight is 322 g/mol. The van der Waals surface area contributed by atoms with Crippen molar-refractivity contribution in [2.75, 3.05) is 6.61 Å². The number of rotatable bonds is 5. The number of carbonyl (C=O) groups is 1. The van der Waals surface area contributed by atoms with Gasteiger partial charge in [-0.3, -0.25) is 4.68 Å². The summed E-state index contributed by atoms with van der Waals surface area (Å²) in [5.41, 5.74) is -0.590. The minimum absolute atomic E-state index is 0.000652. The van der Waals surface area contributed by atoms with E-state index in [0.717, 1.165) is 4.68 Å². The summed E-state index contributed by atoms with van der Waals surface area (Å²) < 4.78 is 58.9. The van der Waals surface area contributed by atoms with Gasteiger partial charge in [-0.1, -0.05) is 0 Å². The highest BCUT2D eigenvalue weighted by molar-refractivity contribution is 5.89. The third-order valence-corrected chi connectivity index (χ3v) is 3.68. The van der Waals surface area contributed by atoms with Crippen molar-refractivity contribution in [3.8, 4) is 0 Å².